The SMILES string of the molecule is OC(C1CCCCC1)C(CCCN1CC=C(c2cccc3ccsc23)CC1)c1ccccn1. The summed E-state index contributed by atoms with van der Waals surface area (Å²) in [6.07, 6.45) is 13.5. The van der Waals surface area contributed by atoms with Crippen LogP contribution < -0.4 is 0 Å². The Labute approximate surface area is 202 Å². The van der Waals surface area contributed by atoms with E-state index in [2.05, 4.69) is 57.7 Å². The smallest absolute Gasteiger partial charge is 0.0651 e. The molecule has 1 N–H and O–H groups in total. The summed E-state index contributed by atoms with van der Waals surface area (Å²) in [4.78, 5) is 7.21. The van der Waals surface area contributed by atoms with Gasteiger partial charge in [-0.3, -0.25) is 9.88 Å². The van der Waals surface area contributed by atoms with Crippen molar-refractivity contribution in [1.29, 1.82) is 0 Å². The van der Waals surface area contributed by atoms with Gasteiger partial charge < -0.3 is 5.11 Å². The van der Waals surface area contributed by atoms with E-state index < -0.39 is 0 Å². The molecule has 3 nitrogen and oxygen atoms in total. The molecule has 2 aromatic heterocycles. The zero-order valence-electron chi connectivity index (χ0n) is 19.5. The summed E-state index contributed by atoms with van der Waals surface area (Å²) in [5.41, 5.74) is 3.99. The largest absolute Gasteiger partial charge is 0.392 e. The molecule has 1 aliphatic carbocycles. The van der Waals surface area contributed by atoms with Crippen molar-refractivity contribution >= 4 is 27.0 Å². The molecule has 3 heterocycles. The van der Waals surface area contributed by atoms with E-state index in [-0.39, 0.29) is 12.0 Å². The van der Waals surface area contributed by atoms with Crippen molar-refractivity contribution in [3.05, 3.63) is 71.4 Å². The van der Waals surface area contributed by atoms with Gasteiger partial charge in [0.25, 0.3) is 0 Å². The van der Waals surface area contributed by atoms with Gasteiger partial charge in [-0.2, -0.15) is 0 Å². The van der Waals surface area contributed by atoms with Crippen LogP contribution in [0.4, 0.5) is 0 Å². The molecule has 1 aromatic carbocycles. The third-order valence-electron chi connectivity index (χ3n) is 7.72. The van der Waals surface area contributed by atoms with Crippen LogP contribution in [0, 0.1) is 5.92 Å². The Balaban J connectivity index is 1.19. The van der Waals surface area contributed by atoms with Crippen LogP contribution in [0.25, 0.3) is 15.7 Å². The lowest BCUT2D eigenvalue weighted by Gasteiger charge is -2.33. The van der Waals surface area contributed by atoms with Gasteiger partial charge in [-0.05, 0) is 84.7 Å². The maximum atomic E-state index is 11.3. The maximum Gasteiger partial charge on any atom is 0.0651 e. The number of pyridine rings is 1. The van der Waals surface area contributed by atoms with E-state index in [9.17, 15) is 5.11 Å². The van der Waals surface area contributed by atoms with E-state index in [4.69, 9.17) is 0 Å². The van der Waals surface area contributed by atoms with Crippen LogP contribution >= 0.6 is 11.3 Å². The predicted molar refractivity (Wildman–Crippen MR) is 140 cm³/mol. The lowest BCUT2D eigenvalue weighted by atomic mass is 9.78. The van der Waals surface area contributed by atoms with Crippen molar-refractivity contribution in [2.45, 2.75) is 63.4 Å². The summed E-state index contributed by atoms with van der Waals surface area (Å²) in [6.45, 7) is 3.23. The monoisotopic (exact) mass is 460 g/mol. The van der Waals surface area contributed by atoms with Crippen molar-refractivity contribution in [3.8, 4) is 0 Å². The molecule has 2 aliphatic rings. The lowest BCUT2D eigenvalue weighted by molar-refractivity contribution is 0.0548. The van der Waals surface area contributed by atoms with E-state index in [1.807, 2.05) is 23.6 Å². The number of aromatic nitrogens is 1. The number of benzene rings is 1. The average Bonchev–Trinajstić information content (AvgIpc) is 3.37. The normalized spacial score (nSPS) is 20.0. The van der Waals surface area contributed by atoms with Gasteiger partial charge in [0.2, 0.25) is 0 Å². The second-order valence-corrected chi connectivity index (χ2v) is 10.7. The minimum atomic E-state index is -0.265. The lowest BCUT2D eigenvalue weighted by Crippen LogP contribution is -2.32. The fourth-order valence-electron chi connectivity index (χ4n) is 5.83. The Morgan fingerprint density at radius 2 is 1.97 bits per heavy atom. The number of rotatable bonds is 8. The summed E-state index contributed by atoms with van der Waals surface area (Å²) in [7, 11) is 0. The molecule has 0 radical (unpaired) electrons. The van der Waals surface area contributed by atoms with Gasteiger partial charge in [-0.15, -0.1) is 11.3 Å². The molecule has 2 atom stereocenters. The topological polar surface area (TPSA) is 36.4 Å². The Morgan fingerprint density at radius 1 is 1.06 bits per heavy atom. The van der Waals surface area contributed by atoms with Gasteiger partial charge in [-0.25, -0.2) is 0 Å². The van der Waals surface area contributed by atoms with E-state index in [0.29, 0.717) is 5.92 Å². The molecule has 1 saturated carbocycles. The number of thiophene rings is 1. The van der Waals surface area contributed by atoms with Crippen molar-refractivity contribution in [2.24, 2.45) is 5.92 Å². The highest BCUT2D eigenvalue weighted by Gasteiger charge is 2.30. The Kier molecular flexibility index (Phi) is 7.55. The first-order chi connectivity index (χ1) is 16.3. The second kappa shape index (κ2) is 10.9. The summed E-state index contributed by atoms with van der Waals surface area (Å²) >= 11 is 1.85. The molecule has 174 valence electrons. The molecule has 0 saturated heterocycles. The molecular formula is C29H36N2OS. The molecule has 33 heavy (non-hydrogen) atoms. The van der Waals surface area contributed by atoms with Crippen molar-refractivity contribution in [2.75, 3.05) is 19.6 Å². The minimum Gasteiger partial charge on any atom is -0.392 e. The van der Waals surface area contributed by atoms with E-state index in [0.717, 1.165) is 44.6 Å². The summed E-state index contributed by atoms with van der Waals surface area (Å²) < 4.78 is 1.42. The summed E-state index contributed by atoms with van der Waals surface area (Å²) in [5.74, 6) is 0.591. The highest BCUT2D eigenvalue weighted by molar-refractivity contribution is 7.17. The number of hydrogen-bond donors (Lipinski definition) is 1. The van der Waals surface area contributed by atoms with E-state index in [1.165, 1.54) is 53.3 Å². The van der Waals surface area contributed by atoms with Crippen LogP contribution in [0.15, 0.2) is 60.1 Å². The van der Waals surface area contributed by atoms with Gasteiger partial charge in [0.05, 0.1) is 6.10 Å². The highest BCUT2D eigenvalue weighted by Crippen LogP contribution is 2.36. The summed E-state index contributed by atoms with van der Waals surface area (Å²) in [6, 6.07) is 15.1. The van der Waals surface area contributed by atoms with Crippen LogP contribution in [0.2, 0.25) is 0 Å². The van der Waals surface area contributed by atoms with Crippen molar-refractivity contribution in [3.63, 3.8) is 0 Å². The first kappa shape index (κ1) is 22.8. The Hall–Kier alpha value is -2.01. The number of aliphatic hydroxyl groups excluding tert-OH is 1. The number of nitrogens with zero attached hydrogens (tertiary/aromatic N) is 2. The molecule has 3 aromatic rings. The zero-order chi connectivity index (χ0) is 22.5. The average molecular weight is 461 g/mol. The van der Waals surface area contributed by atoms with Crippen LogP contribution in [0.1, 0.15) is 68.5 Å². The predicted octanol–water partition coefficient (Wildman–Crippen LogP) is 6.89. The number of hydrogen-bond acceptors (Lipinski definition) is 4. The van der Waals surface area contributed by atoms with E-state index >= 15 is 0 Å². The number of fused-ring (bicyclic) bond motifs is 1. The molecule has 0 amide bonds. The number of aliphatic hydroxyl groups is 1. The molecule has 4 heteroatoms. The minimum absolute atomic E-state index is 0.154. The quantitative estimate of drug-likeness (QED) is 0.397. The van der Waals surface area contributed by atoms with Crippen molar-refractivity contribution < 1.29 is 5.11 Å². The molecule has 5 rings (SSSR count). The molecular weight excluding hydrogens is 424 g/mol. The second-order valence-electron chi connectivity index (χ2n) is 9.82. The van der Waals surface area contributed by atoms with Crippen LogP contribution in [-0.4, -0.2) is 40.7 Å². The van der Waals surface area contributed by atoms with Gasteiger partial charge in [-0.1, -0.05) is 49.6 Å². The van der Waals surface area contributed by atoms with Gasteiger partial charge in [0.1, 0.15) is 0 Å². The highest BCUT2D eigenvalue weighted by atomic mass is 32.1. The molecule has 1 fully saturated rings. The molecule has 0 bridgehead atoms. The van der Waals surface area contributed by atoms with Crippen LogP contribution in [0.5, 0.6) is 0 Å². The molecule has 0 spiro atoms. The fraction of sp³-hybridized carbons (Fsp3) is 0.483. The zero-order valence-corrected chi connectivity index (χ0v) is 20.4. The molecule has 1 aliphatic heterocycles. The Bertz CT molecular complexity index is 1050. The van der Waals surface area contributed by atoms with Gasteiger partial charge in [0.15, 0.2) is 0 Å². The first-order valence-corrected chi connectivity index (χ1v) is 13.6. The van der Waals surface area contributed by atoms with Crippen LogP contribution in [0.3, 0.4) is 0 Å². The van der Waals surface area contributed by atoms with E-state index in [1.54, 1.807) is 0 Å². The summed E-state index contributed by atoms with van der Waals surface area (Å²) in [5, 5.41) is 14.8. The van der Waals surface area contributed by atoms with Crippen molar-refractivity contribution in [1.82, 2.24) is 9.88 Å². The van der Waals surface area contributed by atoms with Crippen LogP contribution in [-0.2, 0) is 0 Å². The van der Waals surface area contributed by atoms with Gasteiger partial charge in [0, 0.05) is 35.6 Å². The Morgan fingerprint density at radius 3 is 2.76 bits per heavy atom. The fourth-order valence-corrected chi connectivity index (χ4v) is 6.78. The third-order valence-corrected chi connectivity index (χ3v) is 8.68. The molecule has 2 unspecified atom stereocenters. The third kappa shape index (κ3) is 5.40. The van der Waals surface area contributed by atoms with Gasteiger partial charge >= 0.3 is 0 Å². The maximum absolute atomic E-state index is 11.3. The first-order valence-electron chi connectivity index (χ1n) is 12.8. The standard InChI is InChI=1S/C29H36N2OS/c32-28(23-8-2-1-3-9-23)26(27-13-4-5-17-30-27)12-7-18-31-19-14-22(15-20-31)25-11-6-10-24-16-21-33-29(24)25/h4-6,10-11,13-14,16-17,21,23,26,28,32H,1-3,7-9,12,15,18-20H2.